The van der Waals surface area contributed by atoms with E-state index >= 15 is 0 Å². The van der Waals surface area contributed by atoms with Crippen LogP contribution in [0.2, 0.25) is 0 Å². The molecule has 138 valence electrons. The molecule has 1 aromatic heterocycles. The van der Waals surface area contributed by atoms with Gasteiger partial charge in [-0.05, 0) is 43.0 Å². The number of fused-ring (bicyclic) bond motifs is 1. The third-order valence-corrected chi connectivity index (χ3v) is 5.98. The number of hydrogen-bond donors (Lipinski definition) is 1. The summed E-state index contributed by atoms with van der Waals surface area (Å²) in [6.45, 7) is 1.71. The van der Waals surface area contributed by atoms with E-state index in [1.54, 1.807) is 0 Å². The molecule has 5 nitrogen and oxygen atoms in total. The quantitative estimate of drug-likeness (QED) is 0.673. The molecule has 1 aliphatic carbocycles. The maximum atomic E-state index is 12.7. The Bertz CT molecular complexity index is 993. The van der Waals surface area contributed by atoms with Crippen LogP contribution in [-0.4, -0.2) is 23.5 Å². The zero-order chi connectivity index (χ0) is 18.9. The summed E-state index contributed by atoms with van der Waals surface area (Å²) in [5, 5.41) is 3.24. The molecule has 1 N–H and O–H groups in total. The molecule has 27 heavy (non-hydrogen) atoms. The lowest BCUT2D eigenvalue weighted by molar-refractivity contribution is -0.156. The lowest BCUT2D eigenvalue weighted by Crippen LogP contribution is -2.44. The van der Waals surface area contributed by atoms with Crippen molar-refractivity contribution < 1.29 is 14.3 Å². The number of nitrogens with one attached hydrogen (secondary N) is 1. The van der Waals surface area contributed by atoms with E-state index in [9.17, 15) is 9.59 Å². The van der Waals surface area contributed by atoms with Crippen molar-refractivity contribution in [3.05, 3.63) is 59.7 Å². The predicted octanol–water partition coefficient (Wildman–Crippen LogP) is 4.21. The summed E-state index contributed by atoms with van der Waals surface area (Å²) in [7, 11) is 0. The average molecular weight is 380 g/mol. The van der Waals surface area contributed by atoms with Gasteiger partial charge in [-0.2, -0.15) is 0 Å². The smallest absolute Gasteiger partial charge is 0.317 e. The van der Waals surface area contributed by atoms with E-state index in [1.165, 1.54) is 11.3 Å². The van der Waals surface area contributed by atoms with Gasteiger partial charge in [0.1, 0.15) is 0 Å². The van der Waals surface area contributed by atoms with Crippen LogP contribution < -0.4 is 5.32 Å². The van der Waals surface area contributed by atoms with Gasteiger partial charge >= 0.3 is 5.97 Å². The molecule has 1 amide bonds. The number of carbonyl (C=O) groups excluding carboxylic acids is 2. The Morgan fingerprint density at radius 1 is 1.19 bits per heavy atom. The number of rotatable bonds is 5. The Hall–Kier alpha value is -2.73. The summed E-state index contributed by atoms with van der Waals surface area (Å²) >= 11 is 1.41. The third kappa shape index (κ3) is 3.45. The number of carbonyl (C=O) groups is 2. The molecule has 0 saturated heterocycles. The molecule has 1 aliphatic rings. The van der Waals surface area contributed by atoms with Crippen molar-refractivity contribution >= 4 is 38.6 Å². The normalized spacial score (nSPS) is 15.1. The Morgan fingerprint density at radius 3 is 2.67 bits per heavy atom. The van der Waals surface area contributed by atoms with Crippen molar-refractivity contribution in [3.8, 4) is 0 Å². The zero-order valence-electron chi connectivity index (χ0n) is 15.0. The summed E-state index contributed by atoms with van der Waals surface area (Å²) < 4.78 is 6.37. The highest BCUT2D eigenvalue weighted by Crippen LogP contribution is 2.44. The molecule has 1 fully saturated rings. The predicted molar refractivity (Wildman–Crippen MR) is 106 cm³/mol. The van der Waals surface area contributed by atoms with Crippen molar-refractivity contribution in [3.63, 3.8) is 0 Å². The number of aromatic nitrogens is 1. The van der Waals surface area contributed by atoms with Gasteiger partial charge in [0.05, 0.1) is 15.6 Å². The fourth-order valence-electron chi connectivity index (χ4n) is 3.41. The van der Waals surface area contributed by atoms with Crippen LogP contribution in [-0.2, 0) is 19.7 Å². The van der Waals surface area contributed by atoms with Gasteiger partial charge in [0.2, 0.25) is 0 Å². The Kier molecular flexibility index (Phi) is 4.66. The highest BCUT2D eigenvalue weighted by Gasteiger charge is 2.47. The van der Waals surface area contributed by atoms with Crippen molar-refractivity contribution in [1.29, 1.82) is 0 Å². The number of anilines is 1. The van der Waals surface area contributed by atoms with Crippen molar-refractivity contribution in [2.75, 3.05) is 11.9 Å². The van der Waals surface area contributed by atoms with Crippen molar-refractivity contribution in [2.45, 2.75) is 31.6 Å². The number of amides is 1. The van der Waals surface area contributed by atoms with E-state index in [0.29, 0.717) is 5.13 Å². The van der Waals surface area contributed by atoms with Gasteiger partial charge in [0.25, 0.3) is 5.91 Å². The lowest BCUT2D eigenvalue weighted by atomic mass is 9.64. The minimum atomic E-state index is -0.602. The fourth-order valence-corrected chi connectivity index (χ4v) is 4.39. The topological polar surface area (TPSA) is 68.3 Å². The largest absolute Gasteiger partial charge is 0.455 e. The summed E-state index contributed by atoms with van der Waals surface area (Å²) in [4.78, 5) is 29.3. The van der Waals surface area contributed by atoms with E-state index in [1.807, 2.05) is 55.5 Å². The summed E-state index contributed by atoms with van der Waals surface area (Å²) in [6.07, 6.45) is 2.50. The first-order valence-corrected chi connectivity index (χ1v) is 9.78. The molecule has 3 aromatic rings. The number of esters is 1. The van der Waals surface area contributed by atoms with Crippen molar-refractivity contribution in [2.24, 2.45) is 0 Å². The van der Waals surface area contributed by atoms with Gasteiger partial charge in [-0.1, -0.05) is 54.2 Å². The van der Waals surface area contributed by atoms with Crippen LogP contribution in [0.4, 0.5) is 5.13 Å². The number of aryl methyl sites for hydroxylation is 1. The maximum absolute atomic E-state index is 12.7. The third-order valence-electron chi connectivity index (χ3n) is 5.05. The second kappa shape index (κ2) is 7.12. The van der Waals surface area contributed by atoms with Crippen LogP contribution in [0.1, 0.15) is 30.4 Å². The Labute approximate surface area is 161 Å². The van der Waals surface area contributed by atoms with Gasteiger partial charge in [-0.3, -0.25) is 14.9 Å². The van der Waals surface area contributed by atoms with Crippen LogP contribution in [0.15, 0.2) is 48.5 Å². The number of hydrogen-bond acceptors (Lipinski definition) is 5. The van der Waals surface area contributed by atoms with Gasteiger partial charge in [0, 0.05) is 0 Å². The highest BCUT2D eigenvalue weighted by molar-refractivity contribution is 7.22. The molecule has 0 aliphatic heterocycles. The summed E-state index contributed by atoms with van der Waals surface area (Å²) in [6, 6.07) is 15.6. The number of benzene rings is 2. The van der Waals surface area contributed by atoms with Crippen LogP contribution in [0, 0.1) is 6.92 Å². The van der Waals surface area contributed by atoms with Gasteiger partial charge < -0.3 is 4.74 Å². The first-order chi connectivity index (χ1) is 13.1. The molecule has 4 rings (SSSR count). The first-order valence-electron chi connectivity index (χ1n) is 8.97. The van der Waals surface area contributed by atoms with Crippen molar-refractivity contribution in [1.82, 2.24) is 4.98 Å². The SMILES string of the molecule is Cc1ccc2nc(NC(=O)COC(=O)C3(c4ccccc4)CCC3)sc2c1. The molecule has 0 atom stereocenters. The van der Waals surface area contributed by atoms with E-state index in [0.717, 1.165) is 40.6 Å². The second-order valence-electron chi connectivity index (χ2n) is 6.92. The van der Waals surface area contributed by atoms with E-state index in [2.05, 4.69) is 10.3 Å². The molecule has 1 saturated carbocycles. The highest BCUT2D eigenvalue weighted by atomic mass is 32.1. The minimum Gasteiger partial charge on any atom is -0.455 e. The van der Waals surface area contributed by atoms with Crippen LogP contribution >= 0.6 is 11.3 Å². The standard InChI is InChI=1S/C21H20N2O3S/c1-14-8-9-16-17(12-14)27-20(22-16)23-18(24)13-26-19(25)21(10-5-11-21)15-6-3-2-4-7-15/h2-4,6-9,12H,5,10-11,13H2,1H3,(H,22,23,24). The number of ether oxygens (including phenoxy) is 1. The molecular weight excluding hydrogens is 360 g/mol. The van der Waals surface area contributed by atoms with Gasteiger partial charge in [0.15, 0.2) is 11.7 Å². The van der Waals surface area contributed by atoms with E-state index < -0.39 is 5.41 Å². The molecular formula is C21H20N2O3S. The molecule has 0 spiro atoms. The van der Waals surface area contributed by atoms with Gasteiger partial charge in [-0.15, -0.1) is 0 Å². The summed E-state index contributed by atoms with van der Waals surface area (Å²) in [5.41, 5.74) is 2.35. The Balaban J connectivity index is 1.39. The zero-order valence-corrected chi connectivity index (χ0v) is 15.8. The monoisotopic (exact) mass is 380 g/mol. The molecule has 6 heteroatoms. The number of thiazole rings is 1. The molecule has 0 radical (unpaired) electrons. The van der Waals surface area contributed by atoms with Crippen LogP contribution in [0.3, 0.4) is 0 Å². The average Bonchev–Trinajstić information content (AvgIpc) is 3.01. The molecule has 0 bridgehead atoms. The van der Waals surface area contributed by atoms with E-state index in [4.69, 9.17) is 4.74 Å². The van der Waals surface area contributed by atoms with E-state index in [-0.39, 0.29) is 18.5 Å². The maximum Gasteiger partial charge on any atom is 0.317 e. The molecule has 2 aromatic carbocycles. The van der Waals surface area contributed by atoms with Crippen LogP contribution in [0.5, 0.6) is 0 Å². The lowest BCUT2D eigenvalue weighted by Gasteiger charge is -2.39. The first kappa shape index (κ1) is 17.7. The summed E-state index contributed by atoms with van der Waals surface area (Å²) in [5.74, 6) is -0.698. The Morgan fingerprint density at radius 2 is 1.96 bits per heavy atom. The second-order valence-corrected chi connectivity index (χ2v) is 7.95. The van der Waals surface area contributed by atoms with Crippen LogP contribution in [0.25, 0.3) is 10.2 Å². The minimum absolute atomic E-state index is 0.303. The molecule has 0 unspecified atom stereocenters. The van der Waals surface area contributed by atoms with Gasteiger partial charge in [-0.25, -0.2) is 4.98 Å². The fraction of sp³-hybridized carbons (Fsp3) is 0.286. The number of nitrogens with zero attached hydrogens (tertiary/aromatic N) is 1. The molecule has 1 heterocycles.